The van der Waals surface area contributed by atoms with Gasteiger partial charge in [0.1, 0.15) is 5.69 Å². The number of benzene rings is 3. The minimum Gasteiger partial charge on any atom is -0.287 e. The zero-order valence-corrected chi connectivity index (χ0v) is 13.5. The van der Waals surface area contributed by atoms with Crippen LogP contribution in [0.2, 0.25) is 0 Å². The lowest BCUT2D eigenvalue weighted by Gasteiger charge is -2.26. The first-order valence-electron chi connectivity index (χ1n) is 7.66. The van der Waals surface area contributed by atoms with E-state index in [9.17, 15) is 20.2 Å². The van der Waals surface area contributed by atoms with E-state index in [2.05, 4.69) is 5.43 Å². The van der Waals surface area contributed by atoms with E-state index in [0.717, 1.165) is 17.4 Å². The summed E-state index contributed by atoms with van der Waals surface area (Å²) in [6, 6.07) is 22.0. The third kappa shape index (κ3) is 3.59. The summed E-state index contributed by atoms with van der Waals surface area (Å²) in [7, 11) is 0. The summed E-state index contributed by atoms with van der Waals surface area (Å²) >= 11 is 0. The molecule has 0 saturated carbocycles. The highest BCUT2D eigenvalue weighted by atomic mass is 16.6. The fourth-order valence-corrected chi connectivity index (χ4v) is 2.43. The Kier molecular flexibility index (Phi) is 4.75. The summed E-state index contributed by atoms with van der Waals surface area (Å²) in [5, 5.41) is 24.0. The van der Waals surface area contributed by atoms with Crippen LogP contribution >= 0.6 is 0 Å². The van der Waals surface area contributed by atoms with Crippen molar-refractivity contribution < 1.29 is 9.85 Å². The minimum atomic E-state index is -0.664. The number of nitro groups is 2. The fraction of sp³-hybridized carbons (Fsp3) is 0. The van der Waals surface area contributed by atoms with Crippen molar-refractivity contribution in [3.05, 3.63) is 99.1 Å². The predicted octanol–water partition coefficient (Wildman–Crippen LogP) is 4.67. The zero-order chi connectivity index (χ0) is 18.5. The first kappa shape index (κ1) is 16.9. The average Bonchev–Trinajstić information content (AvgIpc) is 2.67. The predicted molar refractivity (Wildman–Crippen MR) is 98.4 cm³/mol. The van der Waals surface area contributed by atoms with Crippen LogP contribution < -0.4 is 10.4 Å². The van der Waals surface area contributed by atoms with Crippen molar-refractivity contribution in [1.29, 1.82) is 0 Å². The van der Waals surface area contributed by atoms with Crippen molar-refractivity contribution in [3.63, 3.8) is 0 Å². The van der Waals surface area contributed by atoms with E-state index in [-0.39, 0.29) is 17.1 Å². The Morgan fingerprint density at radius 2 is 1.27 bits per heavy atom. The maximum absolute atomic E-state index is 11.4. The number of non-ortho nitro benzene ring substituents is 1. The lowest BCUT2D eigenvalue weighted by Crippen LogP contribution is -2.24. The molecule has 0 radical (unpaired) electrons. The zero-order valence-electron chi connectivity index (χ0n) is 13.5. The largest absolute Gasteiger partial charge is 0.300 e. The molecule has 0 aliphatic carbocycles. The topological polar surface area (TPSA) is 102 Å². The molecule has 0 fully saturated rings. The van der Waals surface area contributed by atoms with Gasteiger partial charge in [-0.2, -0.15) is 0 Å². The van der Waals surface area contributed by atoms with Gasteiger partial charge in [-0.3, -0.25) is 30.7 Å². The third-order valence-corrected chi connectivity index (χ3v) is 3.65. The maximum Gasteiger partial charge on any atom is 0.300 e. The van der Waals surface area contributed by atoms with Crippen molar-refractivity contribution in [1.82, 2.24) is 0 Å². The van der Waals surface area contributed by atoms with Crippen molar-refractivity contribution in [2.45, 2.75) is 0 Å². The van der Waals surface area contributed by atoms with Gasteiger partial charge in [-0.25, -0.2) is 0 Å². The van der Waals surface area contributed by atoms with Gasteiger partial charge in [0.2, 0.25) is 0 Å². The van der Waals surface area contributed by atoms with Gasteiger partial charge in [-0.05, 0) is 30.3 Å². The van der Waals surface area contributed by atoms with Crippen LogP contribution in [0.25, 0.3) is 0 Å². The van der Waals surface area contributed by atoms with Gasteiger partial charge < -0.3 is 0 Å². The quantitative estimate of drug-likeness (QED) is 0.512. The molecular formula is C18H14N4O4. The highest BCUT2D eigenvalue weighted by molar-refractivity contribution is 5.73. The lowest BCUT2D eigenvalue weighted by molar-refractivity contribution is -0.393. The summed E-state index contributed by atoms with van der Waals surface area (Å²) in [5.74, 6) is 0. The molecule has 0 aromatic heterocycles. The van der Waals surface area contributed by atoms with Crippen molar-refractivity contribution in [2.24, 2.45) is 0 Å². The van der Waals surface area contributed by atoms with Crippen LogP contribution in [-0.4, -0.2) is 9.85 Å². The Morgan fingerprint density at radius 3 is 1.73 bits per heavy atom. The monoisotopic (exact) mass is 350 g/mol. The SMILES string of the molecule is O=[N+]([O-])c1ccc(NN(c2ccccc2)c2ccccc2)c([N+](=O)[O-])c1. The van der Waals surface area contributed by atoms with E-state index in [1.165, 1.54) is 12.1 Å². The number of nitrogens with one attached hydrogen (secondary N) is 1. The average molecular weight is 350 g/mol. The van der Waals surface area contributed by atoms with Crippen LogP contribution in [0.4, 0.5) is 28.4 Å². The van der Waals surface area contributed by atoms with E-state index in [1.807, 2.05) is 60.7 Å². The molecule has 0 spiro atoms. The van der Waals surface area contributed by atoms with Gasteiger partial charge in [0, 0.05) is 6.07 Å². The molecule has 0 unspecified atom stereocenters. The van der Waals surface area contributed by atoms with Crippen LogP contribution in [0.1, 0.15) is 0 Å². The lowest BCUT2D eigenvalue weighted by atomic mass is 10.2. The molecule has 0 saturated heterocycles. The molecule has 1 N–H and O–H groups in total. The molecule has 0 bridgehead atoms. The minimum absolute atomic E-state index is 0.147. The fourth-order valence-electron chi connectivity index (χ4n) is 2.43. The molecule has 130 valence electrons. The molecule has 0 heterocycles. The molecule has 3 aromatic rings. The second-order valence-corrected chi connectivity index (χ2v) is 5.33. The van der Waals surface area contributed by atoms with Crippen LogP contribution in [0.5, 0.6) is 0 Å². The molecule has 3 aromatic carbocycles. The van der Waals surface area contributed by atoms with E-state index in [1.54, 1.807) is 5.01 Å². The highest BCUT2D eigenvalue weighted by Gasteiger charge is 2.21. The molecule has 0 aliphatic rings. The van der Waals surface area contributed by atoms with Crippen molar-refractivity contribution in [3.8, 4) is 0 Å². The van der Waals surface area contributed by atoms with Crippen molar-refractivity contribution >= 4 is 28.4 Å². The Balaban J connectivity index is 2.05. The number of hydrogen-bond acceptors (Lipinski definition) is 6. The number of anilines is 3. The summed E-state index contributed by atoms with van der Waals surface area (Å²) in [6.45, 7) is 0. The summed E-state index contributed by atoms with van der Waals surface area (Å²) in [6.07, 6.45) is 0. The molecule has 0 aliphatic heterocycles. The first-order valence-corrected chi connectivity index (χ1v) is 7.66. The number of nitrogens with zero attached hydrogens (tertiary/aromatic N) is 3. The molecule has 26 heavy (non-hydrogen) atoms. The van der Waals surface area contributed by atoms with Crippen LogP contribution in [0.15, 0.2) is 78.9 Å². The van der Waals surface area contributed by atoms with Crippen molar-refractivity contribution in [2.75, 3.05) is 10.4 Å². The first-order chi connectivity index (χ1) is 12.6. The standard InChI is InChI=1S/C18H14N4O4/c23-21(24)16-11-12-17(18(13-16)22(25)26)19-20(14-7-3-1-4-8-14)15-9-5-2-6-10-15/h1-13,19H. The molecule has 0 atom stereocenters. The van der Waals surface area contributed by atoms with E-state index < -0.39 is 9.85 Å². The molecule has 3 rings (SSSR count). The Hall–Kier alpha value is -3.94. The second-order valence-electron chi connectivity index (χ2n) is 5.33. The van der Waals surface area contributed by atoms with Gasteiger partial charge in [-0.1, -0.05) is 36.4 Å². The van der Waals surface area contributed by atoms with Gasteiger partial charge >= 0.3 is 5.69 Å². The Bertz CT molecular complexity index is 893. The van der Waals surface area contributed by atoms with Gasteiger partial charge in [0.15, 0.2) is 0 Å². The summed E-state index contributed by atoms with van der Waals surface area (Å²) in [4.78, 5) is 21.0. The van der Waals surface area contributed by atoms with E-state index in [0.29, 0.717) is 0 Å². The van der Waals surface area contributed by atoms with E-state index >= 15 is 0 Å². The van der Waals surface area contributed by atoms with E-state index in [4.69, 9.17) is 0 Å². The van der Waals surface area contributed by atoms with Gasteiger partial charge in [-0.15, -0.1) is 0 Å². The molecule has 8 nitrogen and oxygen atoms in total. The third-order valence-electron chi connectivity index (χ3n) is 3.65. The Morgan fingerprint density at radius 1 is 0.731 bits per heavy atom. The number of nitro benzene ring substituents is 2. The number of para-hydroxylation sites is 2. The second kappa shape index (κ2) is 7.31. The molecular weight excluding hydrogens is 336 g/mol. The van der Waals surface area contributed by atoms with Crippen LogP contribution in [0, 0.1) is 20.2 Å². The smallest absolute Gasteiger partial charge is 0.287 e. The maximum atomic E-state index is 11.4. The summed E-state index contributed by atoms with van der Waals surface area (Å²) in [5.41, 5.74) is 3.94. The van der Waals surface area contributed by atoms with Crippen LogP contribution in [0.3, 0.4) is 0 Å². The number of hydrazine groups is 1. The molecule has 8 heteroatoms. The van der Waals surface area contributed by atoms with Crippen LogP contribution in [-0.2, 0) is 0 Å². The van der Waals surface area contributed by atoms with Gasteiger partial charge in [0.05, 0.1) is 27.3 Å². The highest BCUT2D eigenvalue weighted by Crippen LogP contribution is 2.32. The number of rotatable bonds is 6. The van der Waals surface area contributed by atoms with Gasteiger partial charge in [0.25, 0.3) is 5.69 Å². The normalized spacial score (nSPS) is 10.2. The number of hydrogen-bond donors (Lipinski definition) is 1. The Labute approximate surface area is 148 Å². The summed E-state index contributed by atoms with van der Waals surface area (Å²) < 4.78 is 0. The molecule has 0 amide bonds.